The Labute approximate surface area is 375 Å². The summed E-state index contributed by atoms with van der Waals surface area (Å²) in [6, 6.07) is 62.5. The number of hydrogen-bond acceptors (Lipinski definition) is 0. The second-order valence-electron chi connectivity index (χ2n) is 16.6. The van der Waals surface area contributed by atoms with Crippen molar-refractivity contribution in [2.75, 3.05) is 0 Å². The van der Waals surface area contributed by atoms with E-state index in [2.05, 4.69) is 120 Å². The monoisotopic (exact) mass is 805 g/mol. The molecule has 0 N–H and O–H groups in total. The highest BCUT2D eigenvalue weighted by Gasteiger charge is 2.52. The summed E-state index contributed by atoms with van der Waals surface area (Å²) in [5.74, 6) is 0. The van der Waals surface area contributed by atoms with Crippen molar-refractivity contribution in [1.82, 2.24) is 9.13 Å². The van der Waals surface area contributed by atoms with Crippen molar-refractivity contribution in [3.63, 3.8) is 0 Å². The fourth-order valence-electron chi connectivity index (χ4n) is 11.1. The van der Waals surface area contributed by atoms with E-state index < -0.39 is 17.5 Å². The van der Waals surface area contributed by atoms with E-state index in [1.165, 1.54) is 0 Å². The summed E-state index contributed by atoms with van der Waals surface area (Å²) in [5.41, 5.74) is 14.7. The highest BCUT2D eigenvalue weighted by molar-refractivity contribution is 6.14. The van der Waals surface area contributed by atoms with Gasteiger partial charge in [-0.1, -0.05) is 176 Å². The van der Waals surface area contributed by atoms with Gasteiger partial charge in [0.1, 0.15) is 0 Å². The first-order chi connectivity index (χ1) is 34.2. The van der Waals surface area contributed by atoms with E-state index >= 15 is 0 Å². The Hall–Kier alpha value is -8.20. The smallest absolute Gasteiger partial charge is 0.0726 e. The highest BCUT2D eigenvalue weighted by atomic mass is 15.0. The maximum atomic E-state index is 10.2. The fourth-order valence-corrected chi connectivity index (χ4v) is 11.1. The molecule has 14 rings (SSSR count). The van der Waals surface area contributed by atoms with E-state index in [1.54, 1.807) is 4.57 Å². The maximum Gasteiger partial charge on any atom is 0.0726 e. The molecule has 0 amide bonds. The lowest BCUT2D eigenvalue weighted by Crippen LogP contribution is -2.25. The molecule has 2 nitrogen and oxygen atoms in total. The van der Waals surface area contributed by atoms with Crippen LogP contribution in [0.15, 0.2) is 230 Å². The van der Waals surface area contributed by atoms with Gasteiger partial charge in [-0.05, 0) is 116 Å². The van der Waals surface area contributed by atoms with Gasteiger partial charge in [-0.15, -0.1) is 0 Å². The van der Waals surface area contributed by atoms with Gasteiger partial charge in [0.05, 0.1) is 42.8 Å². The first kappa shape index (κ1) is 28.3. The molecule has 0 bridgehead atoms. The third kappa shape index (κ3) is 4.62. The number of fused-ring (bicyclic) bond motifs is 16. The van der Waals surface area contributed by atoms with Crippen molar-refractivity contribution >= 4 is 43.6 Å². The van der Waals surface area contributed by atoms with E-state index in [9.17, 15) is 6.85 Å². The predicted octanol–water partition coefficient (Wildman–Crippen LogP) is 15.6. The molecule has 2 heterocycles. The second kappa shape index (κ2) is 12.9. The standard InChI is InChI=1S/C61H38N2/c1-3-16-39(17-4-1)42-30-33-47-50-37-40(31-34-56(50)62(59(47)38-42)43-18-5-2-6-19-43)41-32-35-57-49(36-41)46-22-10-14-28-55(46)63(57)58-29-15-27-54-60(58)48-23-9-13-26-53(48)61(54)51-24-11-7-20-44(51)45-21-8-12-25-52(45)61/h1-38H/i10D,14D,22D,28D,32D,35D,36D. The summed E-state index contributed by atoms with van der Waals surface area (Å²) in [5, 5.41) is 2.24. The Kier molecular flexibility index (Phi) is 5.81. The van der Waals surface area contributed by atoms with E-state index in [1.807, 2.05) is 72.8 Å². The number of nitrogens with zero attached hydrogens (tertiary/aromatic N) is 2. The predicted molar refractivity (Wildman–Crippen MR) is 262 cm³/mol. The van der Waals surface area contributed by atoms with Gasteiger partial charge in [-0.2, -0.15) is 0 Å². The molecule has 0 saturated heterocycles. The zero-order valence-corrected chi connectivity index (χ0v) is 33.8. The average molecular weight is 806 g/mol. The molecule has 0 fully saturated rings. The van der Waals surface area contributed by atoms with E-state index in [4.69, 9.17) is 2.74 Å². The van der Waals surface area contributed by atoms with Gasteiger partial charge in [-0.25, -0.2) is 0 Å². The zero-order chi connectivity index (χ0) is 47.3. The molecule has 2 heteroatoms. The minimum absolute atomic E-state index is 0.0783. The molecule has 0 aliphatic heterocycles. The Morgan fingerprint density at radius 1 is 0.349 bits per heavy atom. The Morgan fingerprint density at radius 3 is 1.75 bits per heavy atom. The topological polar surface area (TPSA) is 9.86 Å². The molecule has 63 heavy (non-hydrogen) atoms. The third-order valence-electron chi connectivity index (χ3n) is 13.6. The lowest BCUT2D eigenvalue weighted by molar-refractivity contribution is 0.793. The summed E-state index contributed by atoms with van der Waals surface area (Å²) in [4.78, 5) is 0. The van der Waals surface area contributed by atoms with Gasteiger partial charge < -0.3 is 9.13 Å². The summed E-state index contributed by atoms with van der Waals surface area (Å²) >= 11 is 0. The number of rotatable bonds is 4. The van der Waals surface area contributed by atoms with Gasteiger partial charge >= 0.3 is 0 Å². The lowest BCUT2D eigenvalue weighted by atomic mass is 9.70. The first-order valence-electron chi connectivity index (χ1n) is 24.9. The van der Waals surface area contributed by atoms with Crippen LogP contribution in [0.5, 0.6) is 0 Å². The van der Waals surface area contributed by atoms with Gasteiger partial charge in [-0.3, -0.25) is 0 Å². The van der Waals surface area contributed by atoms with Crippen LogP contribution in [0, 0.1) is 0 Å². The Morgan fingerprint density at radius 2 is 0.968 bits per heavy atom. The van der Waals surface area contributed by atoms with Crippen molar-refractivity contribution in [1.29, 1.82) is 0 Å². The molecule has 2 aliphatic rings. The van der Waals surface area contributed by atoms with E-state index in [0.29, 0.717) is 11.3 Å². The molecule has 2 aromatic heterocycles. The van der Waals surface area contributed by atoms with Crippen molar-refractivity contribution in [3.8, 4) is 55.9 Å². The Bertz CT molecular complexity index is 4220. The van der Waals surface area contributed by atoms with Crippen LogP contribution >= 0.6 is 0 Å². The number of benzene rings is 10. The number of aromatic nitrogens is 2. The van der Waals surface area contributed by atoms with Crippen LogP contribution in [0.25, 0.3) is 99.5 Å². The Balaban J connectivity index is 1.06. The van der Waals surface area contributed by atoms with Crippen LogP contribution in [-0.2, 0) is 5.41 Å². The molecule has 12 aromatic rings. The molecule has 0 saturated carbocycles. The van der Waals surface area contributed by atoms with Gasteiger partial charge in [0, 0.05) is 32.8 Å². The fraction of sp³-hybridized carbons (Fsp3) is 0.0164. The summed E-state index contributed by atoms with van der Waals surface area (Å²) < 4.78 is 71.2. The van der Waals surface area contributed by atoms with Crippen molar-refractivity contribution in [2.24, 2.45) is 0 Å². The van der Waals surface area contributed by atoms with Crippen LogP contribution < -0.4 is 0 Å². The van der Waals surface area contributed by atoms with E-state index in [-0.39, 0.29) is 57.6 Å². The quantitative estimate of drug-likeness (QED) is 0.168. The minimum atomic E-state index is -0.698. The van der Waals surface area contributed by atoms with Gasteiger partial charge in [0.25, 0.3) is 0 Å². The normalized spacial score (nSPS) is 14.8. The molecule has 0 unspecified atom stereocenters. The molecule has 0 atom stereocenters. The molecule has 292 valence electrons. The molecule has 0 radical (unpaired) electrons. The maximum absolute atomic E-state index is 10.2. The van der Waals surface area contributed by atoms with Gasteiger partial charge in [0.15, 0.2) is 0 Å². The van der Waals surface area contributed by atoms with Crippen molar-refractivity contribution < 1.29 is 9.60 Å². The average Bonchev–Trinajstić information content (AvgIpc) is 4.12. The molecular formula is C61H38N2. The second-order valence-corrected chi connectivity index (χ2v) is 16.6. The highest BCUT2D eigenvalue weighted by Crippen LogP contribution is 2.63. The number of para-hydroxylation sites is 2. The molecular weight excluding hydrogens is 761 g/mol. The summed E-state index contributed by atoms with van der Waals surface area (Å²) in [7, 11) is 0. The third-order valence-corrected chi connectivity index (χ3v) is 13.6. The van der Waals surface area contributed by atoms with Crippen LogP contribution in [0.2, 0.25) is 0 Å². The lowest BCUT2D eigenvalue weighted by Gasteiger charge is -2.30. The first-order valence-corrected chi connectivity index (χ1v) is 21.4. The van der Waals surface area contributed by atoms with Crippen molar-refractivity contribution in [3.05, 3.63) is 253 Å². The van der Waals surface area contributed by atoms with E-state index in [0.717, 1.165) is 83.1 Å². The van der Waals surface area contributed by atoms with Crippen LogP contribution in [0.4, 0.5) is 0 Å². The summed E-state index contributed by atoms with van der Waals surface area (Å²) in [6.07, 6.45) is 0. The number of hydrogen-bond donors (Lipinski definition) is 0. The molecule has 2 aliphatic carbocycles. The van der Waals surface area contributed by atoms with Crippen LogP contribution in [0.3, 0.4) is 0 Å². The summed E-state index contributed by atoms with van der Waals surface area (Å²) in [6.45, 7) is 0. The SMILES string of the molecule is [2H]c1c([2H])c([2H])c2c(c1[2H])c1c([2H])c(-c3ccc4c(c3)c3ccc(-c5ccccc5)cc3n4-c3ccccc3)c([2H])c([2H])c1n2-c1cccc2c1-c1ccccc1C21c2ccccc2-c2ccccc21. The zero-order valence-electron chi connectivity index (χ0n) is 40.8. The van der Waals surface area contributed by atoms with Gasteiger partial charge in [0.2, 0.25) is 0 Å². The molecule has 1 spiro atoms. The molecule has 10 aromatic carbocycles. The van der Waals surface area contributed by atoms with Crippen LogP contribution in [-0.4, -0.2) is 9.13 Å². The largest absolute Gasteiger partial charge is 0.309 e. The minimum Gasteiger partial charge on any atom is -0.309 e. The van der Waals surface area contributed by atoms with Crippen molar-refractivity contribution in [2.45, 2.75) is 5.41 Å². The van der Waals surface area contributed by atoms with Crippen LogP contribution in [0.1, 0.15) is 31.8 Å².